The summed E-state index contributed by atoms with van der Waals surface area (Å²) in [6.45, 7) is 5.09. The minimum atomic E-state index is 0. The van der Waals surface area contributed by atoms with E-state index in [9.17, 15) is 0 Å². The molecule has 3 heterocycles. The number of nitrogens with zero attached hydrogens (tertiary/aromatic N) is 3. The molecule has 106 valence electrons. The summed E-state index contributed by atoms with van der Waals surface area (Å²) in [4.78, 5) is 7.10. The van der Waals surface area contributed by atoms with E-state index in [1.165, 1.54) is 48.2 Å². The lowest BCUT2D eigenvalue weighted by molar-refractivity contribution is -0.899. The number of likely N-dealkylation sites (N-methyl/N-ethyl adjacent to an activating group) is 1. The Balaban J connectivity index is 0.00000121. The Hall–Kier alpha value is -0.880. The predicted molar refractivity (Wildman–Crippen MR) is 78.3 cm³/mol. The van der Waals surface area contributed by atoms with Crippen molar-refractivity contribution in [2.75, 3.05) is 38.1 Å². The monoisotopic (exact) mass is 381 g/mol. The second-order valence-electron chi connectivity index (χ2n) is 6.23. The summed E-state index contributed by atoms with van der Waals surface area (Å²) in [5, 5.41) is 1.30. The van der Waals surface area contributed by atoms with Gasteiger partial charge < -0.3 is 33.4 Å². The molecule has 0 saturated carbocycles. The number of benzene rings is 1. The highest BCUT2D eigenvalue weighted by atomic mass is 127. The molecule has 20 heavy (non-hydrogen) atoms. The van der Waals surface area contributed by atoms with Gasteiger partial charge in [-0.05, 0) is 24.3 Å². The molecule has 2 fully saturated rings. The topological polar surface area (TPSA) is 16.1 Å². The molecule has 0 spiro atoms. The Morgan fingerprint density at radius 2 is 2.10 bits per heavy atom. The Morgan fingerprint density at radius 3 is 3.00 bits per heavy atom. The average Bonchev–Trinajstić information content (AvgIpc) is 2.75. The van der Waals surface area contributed by atoms with Crippen LogP contribution in [-0.2, 0) is 0 Å². The van der Waals surface area contributed by atoms with Crippen molar-refractivity contribution in [3.63, 3.8) is 0 Å². The van der Waals surface area contributed by atoms with E-state index in [0.717, 1.165) is 5.52 Å². The van der Waals surface area contributed by atoms with E-state index in [1.807, 2.05) is 12.3 Å². The van der Waals surface area contributed by atoms with Crippen LogP contribution in [0.5, 0.6) is 0 Å². The first-order chi connectivity index (χ1) is 9.25. The van der Waals surface area contributed by atoms with Crippen molar-refractivity contribution in [1.29, 1.82) is 0 Å². The van der Waals surface area contributed by atoms with Gasteiger partial charge in [-0.1, -0.05) is 6.07 Å². The lowest BCUT2D eigenvalue weighted by atomic mass is 10.1. The highest BCUT2D eigenvalue weighted by Gasteiger charge is 2.42. The van der Waals surface area contributed by atoms with Gasteiger partial charge in [0.2, 0.25) is 0 Å². The van der Waals surface area contributed by atoms with Crippen LogP contribution >= 0.6 is 0 Å². The summed E-state index contributed by atoms with van der Waals surface area (Å²) in [5.74, 6) is 0. The molecule has 2 saturated heterocycles. The first-order valence-corrected chi connectivity index (χ1v) is 7.19. The summed E-state index contributed by atoms with van der Waals surface area (Å²) >= 11 is 0. The van der Waals surface area contributed by atoms with Crippen LogP contribution in [0.3, 0.4) is 0 Å². The Morgan fingerprint density at radius 1 is 1.20 bits per heavy atom. The van der Waals surface area contributed by atoms with Crippen molar-refractivity contribution < 1.29 is 28.5 Å². The molecule has 2 aliphatic rings. The van der Waals surface area contributed by atoms with Gasteiger partial charge in [0.15, 0.2) is 0 Å². The van der Waals surface area contributed by atoms with E-state index >= 15 is 0 Å². The molecule has 1 aromatic heterocycles. The summed E-state index contributed by atoms with van der Waals surface area (Å²) < 4.78 is 1.27. The van der Waals surface area contributed by atoms with Gasteiger partial charge in [0.05, 0.1) is 44.8 Å². The van der Waals surface area contributed by atoms with Gasteiger partial charge in [0, 0.05) is 23.7 Å². The maximum Gasteiger partial charge on any atom is 0.0994 e. The van der Waals surface area contributed by atoms with E-state index in [2.05, 4.69) is 41.2 Å². The molecule has 1 aromatic carbocycles. The Labute approximate surface area is 137 Å². The molecule has 2 aliphatic heterocycles. The minimum Gasteiger partial charge on any atom is -1.00 e. The van der Waals surface area contributed by atoms with Crippen LogP contribution in [0.2, 0.25) is 0 Å². The maximum absolute atomic E-state index is 4.48. The SMILES string of the molecule is C[N+]12CCC(C1)N(c1cccc3ncccc13)CC2.[I-]. The number of hydrogen-bond donors (Lipinski definition) is 0. The van der Waals surface area contributed by atoms with Gasteiger partial charge in [0.1, 0.15) is 0 Å². The number of fused-ring (bicyclic) bond motifs is 3. The number of quaternary nitrogens is 1. The zero-order valence-corrected chi connectivity index (χ0v) is 14.0. The average molecular weight is 381 g/mol. The Bertz CT molecular complexity index is 625. The van der Waals surface area contributed by atoms with Crippen molar-refractivity contribution in [1.82, 2.24) is 4.98 Å². The lowest BCUT2D eigenvalue weighted by Crippen LogP contribution is -3.00. The molecule has 0 amide bonds. The van der Waals surface area contributed by atoms with E-state index in [0.29, 0.717) is 6.04 Å². The summed E-state index contributed by atoms with van der Waals surface area (Å²) in [6, 6.07) is 11.5. The zero-order valence-electron chi connectivity index (χ0n) is 11.8. The van der Waals surface area contributed by atoms with Gasteiger partial charge in [-0.3, -0.25) is 4.98 Å². The van der Waals surface area contributed by atoms with Crippen LogP contribution in [-0.4, -0.2) is 48.7 Å². The largest absolute Gasteiger partial charge is 1.00 e. The number of aromatic nitrogens is 1. The molecule has 3 nitrogen and oxygen atoms in total. The standard InChI is InChI=1S/C16H20N3.HI/c1-19-10-7-13(12-19)18(9-11-19)16-6-2-5-15-14(16)4-3-8-17-15;/h2-6,8,13H,7,9-12H2,1H3;1H/q+1;/p-1. The van der Waals surface area contributed by atoms with Gasteiger partial charge in [0.25, 0.3) is 0 Å². The normalized spacial score (nSPS) is 28.4. The highest BCUT2D eigenvalue weighted by molar-refractivity contribution is 5.91. The van der Waals surface area contributed by atoms with Gasteiger partial charge in [-0.2, -0.15) is 0 Å². The van der Waals surface area contributed by atoms with Gasteiger partial charge >= 0.3 is 0 Å². The van der Waals surface area contributed by atoms with Crippen molar-refractivity contribution in [3.8, 4) is 0 Å². The van der Waals surface area contributed by atoms with Crippen molar-refractivity contribution >= 4 is 16.6 Å². The molecule has 2 bridgehead atoms. The van der Waals surface area contributed by atoms with Crippen LogP contribution in [0.1, 0.15) is 6.42 Å². The molecule has 0 aliphatic carbocycles. The summed E-state index contributed by atoms with van der Waals surface area (Å²) in [5.41, 5.74) is 2.49. The van der Waals surface area contributed by atoms with E-state index in [4.69, 9.17) is 0 Å². The van der Waals surface area contributed by atoms with Crippen LogP contribution in [0.4, 0.5) is 5.69 Å². The minimum absolute atomic E-state index is 0. The van der Waals surface area contributed by atoms with Gasteiger partial charge in [-0.25, -0.2) is 0 Å². The number of hydrogen-bond acceptors (Lipinski definition) is 2. The maximum atomic E-state index is 4.48. The van der Waals surface area contributed by atoms with Crippen LogP contribution in [0.15, 0.2) is 36.5 Å². The zero-order chi connectivity index (χ0) is 12.9. The first kappa shape index (κ1) is 14.1. The van der Waals surface area contributed by atoms with E-state index in [-0.39, 0.29) is 24.0 Å². The third kappa shape index (κ3) is 2.19. The fraction of sp³-hybridized carbons (Fsp3) is 0.438. The second-order valence-corrected chi connectivity index (χ2v) is 6.23. The molecule has 2 aromatic rings. The molecule has 2 atom stereocenters. The quantitative estimate of drug-likeness (QED) is 0.479. The molecule has 2 unspecified atom stereocenters. The smallest absolute Gasteiger partial charge is 0.0994 e. The van der Waals surface area contributed by atoms with Crippen molar-refractivity contribution in [2.45, 2.75) is 12.5 Å². The number of piperazine rings is 1. The fourth-order valence-electron chi connectivity index (χ4n) is 3.80. The van der Waals surface area contributed by atoms with Crippen LogP contribution in [0.25, 0.3) is 10.9 Å². The second kappa shape index (κ2) is 5.15. The molecule has 4 heteroatoms. The number of halogens is 1. The first-order valence-electron chi connectivity index (χ1n) is 7.19. The number of rotatable bonds is 1. The van der Waals surface area contributed by atoms with Crippen LogP contribution in [0, 0.1) is 0 Å². The summed E-state index contributed by atoms with van der Waals surface area (Å²) in [6.07, 6.45) is 3.21. The molecule has 0 radical (unpaired) electrons. The van der Waals surface area contributed by atoms with Crippen molar-refractivity contribution in [2.24, 2.45) is 0 Å². The third-order valence-corrected chi connectivity index (χ3v) is 4.91. The third-order valence-electron chi connectivity index (χ3n) is 4.91. The lowest BCUT2D eigenvalue weighted by Gasteiger charge is -2.40. The Kier molecular flexibility index (Phi) is 3.62. The molecular weight excluding hydrogens is 361 g/mol. The van der Waals surface area contributed by atoms with E-state index < -0.39 is 0 Å². The van der Waals surface area contributed by atoms with Crippen molar-refractivity contribution in [3.05, 3.63) is 36.5 Å². The molecule has 4 rings (SSSR count). The number of pyridine rings is 1. The van der Waals surface area contributed by atoms with E-state index in [1.54, 1.807) is 0 Å². The van der Waals surface area contributed by atoms with Crippen LogP contribution < -0.4 is 28.9 Å². The fourth-order valence-corrected chi connectivity index (χ4v) is 3.80. The predicted octanol–water partition coefficient (Wildman–Crippen LogP) is -0.722. The highest BCUT2D eigenvalue weighted by Crippen LogP contribution is 2.34. The summed E-state index contributed by atoms with van der Waals surface area (Å²) in [7, 11) is 2.40. The van der Waals surface area contributed by atoms with Gasteiger partial charge in [-0.15, -0.1) is 0 Å². The molecule has 0 N–H and O–H groups in total. The molecular formula is C16H20IN3. The number of anilines is 1.